The lowest BCUT2D eigenvalue weighted by Crippen LogP contribution is -2.46. The summed E-state index contributed by atoms with van der Waals surface area (Å²) in [5.74, 6) is -1.29. The Morgan fingerprint density at radius 1 is 1.45 bits per heavy atom. The van der Waals surface area contributed by atoms with Crippen molar-refractivity contribution in [1.82, 2.24) is 10.2 Å². The smallest absolute Gasteiger partial charge is 0.317 e. The summed E-state index contributed by atoms with van der Waals surface area (Å²) in [6.07, 6.45) is 1.36. The maximum Gasteiger partial charge on any atom is 0.317 e. The van der Waals surface area contributed by atoms with Crippen molar-refractivity contribution >= 4 is 23.6 Å². The normalized spacial score (nSPS) is 18.6. The number of likely N-dealkylation sites (tertiary alicyclic amines) is 1. The van der Waals surface area contributed by atoms with Crippen molar-refractivity contribution in [3.05, 3.63) is 34.9 Å². The summed E-state index contributed by atoms with van der Waals surface area (Å²) in [5, 5.41) is 12.4. The number of carbonyl (C=O) groups is 2. The van der Waals surface area contributed by atoms with Gasteiger partial charge in [-0.05, 0) is 30.5 Å². The second-order valence-corrected chi connectivity index (χ2v) is 5.35. The van der Waals surface area contributed by atoms with E-state index < -0.39 is 11.9 Å². The van der Waals surface area contributed by atoms with E-state index in [0.29, 0.717) is 24.5 Å². The molecule has 1 aliphatic rings. The predicted molar refractivity (Wildman–Crippen MR) is 75.6 cm³/mol. The minimum Gasteiger partial charge on any atom is -0.481 e. The number of halogens is 1. The molecule has 5 nitrogen and oxygen atoms in total. The number of piperidine rings is 1. The van der Waals surface area contributed by atoms with Crippen LogP contribution >= 0.6 is 11.6 Å². The number of hydrogen-bond acceptors (Lipinski definition) is 2. The van der Waals surface area contributed by atoms with Gasteiger partial charge in [0.1, 0.15) is 0 Å². The average Bonchev–Trinajstić information content (AvgIpc) is 2.45. The van der Waals surface area contributed by atoms with Gasteiger partial charge >= 0.3 is 12.0 Å². The number of aliphatic carboxylic acids is 1. The number of carboxylic acids is 1. The molecule has 1 aromatic rings. The zero-order valence-corrected chi connectivity index (χ0v) is 11.8. The van der Waals surface area contributed by atoms with Crippen LogP contribution < -0.4 is 5.32 Å². The number of urea groups is 1. The molecular weight excluding hydrogens is 280 g/mol. The van der Waals surface area contributed by atoms with Crippen molar-refractivity contribution in [3.8, 4) is 0 Å². The third kappa shape index (κ3) is 3.87. The first-order valence-corrected chi connectivity index (χ1v) is 6.94. The lowest BCUT2D eigenvalue weighted by molar-refractivity contribution is -0.143. The van der Waals surface area contributed by atoms with E-state index in [1.54, 1.807) is 17.0 Å². The second kappa shape index (κ2) is 6.61. The SMILES string of the molecule is O=C(O)[C@H]1CCCN(C(=O)NCc2cccc(Cl)c2)C1. The highest BCUT2D eigenvalue weighted by Gasteiger charge is 2.27. The molecular formula is C14H17ClN2O3. The van der Waals surface area contributed by atoms with Crippen LogP contribution in [0.3, 0.4) is 0 Å². The Balaban J connectivity index is 1.87. The molecule has 0 aliphatic carbocycles. The number of hydrogen-bond donors (Lipinski definition) is 2. The molecule has 0 saturated carbocycles. The fraction of sp³-hybridized carbons (Fsp3) is 0.429. The Bertz CT molecular complexity index is 507. The van der Waals surface area contributed by atoms with Crippen LogP contribution in [0.25, 0.3) is 0 Å². The molecule has 0 spiro atoms. The summed E-state index contributed by atoms with van der Waals surface area (Å²) < 4.78 is 0. The van der Waals surface area contributed by atoms with Crippen LogP contribution in [0.1, 0.15) is 18.4 Å². The van der Waals surface area contributed by atoms with Gasteiger partial charge in [-0.2, -0.15) is 0 Å². The Hall–Kier alpha value is -1.75. The summed E-state index contributed by atoms with van der Waals surface area (Å²) in [5.41, 5.74) is 0.914. The lowest BCUT2D eigenvalue weighted by atomic mass is 9.99. The second-order valence-electron chi connectivity index (χ2n) is 4.91. The monoisotopic (exact) mass is 296 g/mol. The highest BCUT2D eigenvalue weighted by molar-refractivity contribution is 6.30. The molecule has 2 N–H and O–H groups in total. The molecule has 2 rings (SSSR count). The molecule has 20 heavy (non-hydrogen) atoms. The third-order valence-corrected chi connectivity index (χ3v) is 3.63. The molecule has 1 atom stereocenters. The van der Waals surface area contributed by atoms with E-state index in [9.17, 15) is 9.59 Å². The molecule has 1 saturated heterocycles. The Morgan fingerprint density at radius 3 is 2.95 bits per heavy atom. The van der Waals surface area contributed by atoms with Gasteiger partial charge in [-0.1, -0.05) is 23.7 Å². The van der Waals surface area contributed by atoms with E-state index >= 15 is 0 Å². The average molecular weight is 297 g/mol. The summed E-state index contributed by atoms with van der Waals surface area (Å²) in [6, 6.07) is 7.04. The third-order valence-electron chi connectivity index (χ3n) is 3.39. The van der Waals surface area contributed by atoms with Gasteiger partial charge in [-0.15, -0.1) is 0 Å². The van der Waals surface area contributed by atoms with Crippen molar-refractivity contribution < 1.29 is 14.7 Å². The number of amides is 2. The van der Waals surface area contributed by atoms with Crippen LogP contribution in [0.15, 0.2) is 24.3 Å². The van der Waals surface area contributed by atoms with Gasteiger partial charge in [0.2, 0.25) is 0 Å². The quantitative estimate of drug-likeness (QED) is 0.899. The Morgan fingerprint density at radius 2 is 2.25 bits per heavy atom. The standard InChI is InChI=1S/C14H17ClN2O3/c15-12-5-1-3-10(7-12)8-16-14(20)17-6-2-4-11(9-17)13(18)19/h1,3,5,7,11H,2,4,6,8-9H2,(H,16,20)(H,18,19)/t11-/m0/s1. The molecule has 1 heterocycles. The first kappa shape index (κ1) is 14.7. The van der Waals surface area contributed by atoms with E-state index in [1.807, 2.05) is 12.1 Å². The number of rotatable bonds is 3. The van der Waals surface area contributed by atoms with Crippen molar-refractivity contribution in [3.63, 3.8) is 0 Å². The summed E-state index contributed by atoms with van der Waals surface area (Å²) in [4.78, 5) is 24.5. The summed E-state index contributed by atoms with van der Waals surface area (Å²) in [7, 11) is 0. The zero-order valence-electron chi connectivity index (χ0n) is 11.0. The van der Waals surface area contributed by atoms with Crippen LogP contribution in [-0.4, -0.2) is 35.1 Å². The lowest BCUT2D eigenvalue weighted by Gasteiger charge is -2.30. The van der Waals surface area contributed by atoms with E-state index in [-0.39, 0.29) is 12.6 Å². The van der Waals surface area contributed by atoms with Gasteiger partial charge in [0.25, 0.3) is 0 Å². The molecule has 1 aliphatic heterocycles. The van der Waals surface area contributed by atoms with Gasteiger partial charge < -0.3 is 15.3 Å². The summed E-state index contributed by atoms with van der Waals surface area (Å²) >= 11 is 5.87. The van der Waals surface area contributed by atoms with Crippen LogP contribution in [0.5, 0.6) is 0 Å². The maximum atomic E-state index is 12.0. The topological polar surface area (TPSA) is 69.6 Å². The van der Waals surface area contributed by atoms with E-state index in [2.05, 4.69) is 5.32 Å². The number of benzene rings is 1. The molecule has 0 bridgehead atoms. The molecule has 0 aromatic heterocycles. The number of carboxylic acid groups (broad SMARTS) is 1. The van der Waals surface area contributed by atoms with Crippen LogP contribution in [0.4, 0.5) is 4.79 Å². The van der Waals surface area contributed by atoms with Crippen LogP contribution in [0, 0.1) is 5.92 Å². The molecule has 1 aromatic carbocycles. The van der Waals surface area contributed by atoms with Gasteiger partial charge in [0.05, 0.1) is 5.92 Å². The predicted octanol–water partition coefficient (Wildman–Crippen LogP) is 2.35. The molecule has 0 radical (unpaired) electrons. The zero-order chi connectivity index (χ0) is 14.5. The Kier molecular flexibility index (Phi) is 4.84. The van der Waals surface area contributed by atoms with Crippen molar-refractivity contribution in [2.45, 2.75) is 19.4 Å². The largest absolute Gasteiger partial charge is 0.481 e. The van der Waals surface area contributed by atoms with Gasteiger partial charge in [-0.25, -0.2) is 4.79 Å². The minimum absolute atomic E-state index is 0.226. The van der Waals surface area contributed by atoms with Crippen molar-refractivity contribution in [2.75, 3.05) is 13.1 Å². The molecule has 108 valence electrons. The fourth-order valence-corrected chi connectivity index (χ4v) is 2.51. The van der Waals surface area contributed by atoms with E-state index in [4.69, 9.17) is 16.7 Å². The van der Waals surface area contributed by atoms with Crippen molar-refractivity contribution in [1.29, 1.82) is 0 Å². The number of nitrogens with zero attached hydrogens (tertiary/aromatic N) is 1. The minimum atomic E-state index is -0.836. The van der Waals surface area contributed by atoms with Crippen molar-refractivity contribution in [2.24, 2.45) is 5.92 Å². The molecule has 0 unspecified atom stereocenters. The number of nitrogens with one attached hydrogen (secondary N) is 1. The van der Waals surface area contributed by atoms with Crippen LogP contribution in [-0.2, 0) is 11.3 Å². The van der Waals surface area contributed by atoms with E-state index in [1.165, 1.54) is 0 Å². The molecule has 2 amide bonds. The van der Waals surface area contributed by atoms with Gasteiger partial charge in [0, 0.05) is 24.7 Å². The first-order chi connectivity index (χ1) is 9.56. The Labute approximate surface area is 122 Å². The molecule has 1 fully saturated rings. The first-order valence-electron chi connectivity index (χ1n) is 6.56. The van der Waals surface area contributed by atoms with E-state index in [0.717, 1.165) is 12.0 Å². The van der Waals surface area contributed by atoms with Crippen LogP contribution in [0.2, 0.25) is 5.02 Å². The highest BCUT2D eigenvalue weighted by Crippen LogP contribution is 2.17. The fourth-order valence-electron chi connectivity index (χ4n) is 2.30. The highest BCUT2D eigenvalue weighted by atomic mass is 35.5. The molecule has 6 heteroatoms. The maximum absolute atomic E-state index is 12.0. The number of carbonyl (C=O) groups excluding carboxylic acids is 1. The van der Waals surface area contributed by atoms with Gasteiger partial charge in [0.15, 0.2) is 0 Å². The summed E-state index contributed by atoms with van der Waals surface area (Å²) in [6.45, 7) is 1.26. The van der Waals surface area contributed by atoms with Gasteiger partial charge in [-0.3, -0.25) is 4.79 Å².